The van der Waals surface area contributed by atoms with E-state index in [0.717, 1.165) is 17.1 Å². The van der Waals surface area contributed by atoms with E-state index in [-0.39, 0.29) is 12.3 Å². The second-order valence-electron chi connectivity index (χ2n) is 6.47. The Morgan fingerprint density at radius 3 is 2.67 bits per heavy atom. The molecule has 0 saturated carbocycles. The molecule has 142 valence electrons. The summed E-state index contributed by atoms with van der Waals surface area (Å²) in [5, 5.41) is 11.2. The highest BCUT2D eigenvalue weighted by atomic mass is 16.5. The van der Waals surface area contributed by atoms with Crippen molar-refractivity contribution in [3.05, 3.63) is 59.7 Å². The maximum Gasteiger partial charge on any atom is 0.234 e. The Morgan fingerprint density at radius 1 is 1.11 bits per heavy atom. The minimum absolute atomic E-state index is 0.108. The zero-order valence-electron chi connectivity index (χ0n) is 15.9. The van der Waals surface area contributed by atoms with E-state index in [2.05, 4.69) is 25.2 Å². The van der Waals surface area contributed by atoms with Crippen LogP contribution in [0.3, 0.4) is 0 Å². The average Bonchev–Trinajstić information content (AvgIpc) is 2.66. The smallest absolute Gasteiger partial charge is 0.234 e. The molecule has 0 aromatic heterocycles. The van der Waals surface area contributed by atoms with Crippen LogP contribution < -0.4 is 14.8 Å². The largest absolute Gasteiger partial charge is 0.490 e. The van der Waals surface area contributed by atoms with Gasteiger partial charge in [-0.05, 0) is 41.7 Å². The van der Waals surface area contributed by atoms with Crippen LogP contribution in [0.1, 0.15) is 37.3 Å². The molecule has 0 fully saturated rings. The van der Waals surface area contributed by atoms with E-state index in [9.17, 15) is 4.79 Å². The van der Waals surface area contributed by atoms with Crippen molar-refractivity contribution in [2.24, 2.45) is 0 Å². The van der Waals surface area contributed by atoms with Gasteiger partial charge in [-0.25, -0.2) is 0 Å². The summed E-state index contributed by atoms with van der Waals surface area (Å²) in [7, 11) is 0. The van der Waals surface area contributed by atoms with Gasteiger partial charge >= 0.3 is 0 Å². The van der Waals surface area contributed by atoms with E-state index in [1.807, 2.05) is 48.5 Å². The number of ether oxygens (including phenoxy) is 2. The van der Waals surface area contributed by atoms with Crippen LogP contribution in [0, 0.1) is 11.3 Å². The lowest BCUT2D eigenvalue weighted by molar-refractivity contribution is -0.120. The summed E-state index contributed by atoms with van der Waals surface area (Å²) in [5.74, 6) is 1.84. The quantitative estimate of drug-likeness (QED) is 0.649. The summed E-state index contributed by atoms with van der Waals surface area (Å²) >= 11 is 0. The summed E-state index contributed by atoms with van der Waals surface area (Å²) in [4.78, 5) is 11.3. The Kier molecular flexibility index (Phi) is 8.18. The van der Waals surface area contributed by atoms with Crippen molar-refractivity contribution in [3.63, 3.8) is 0 Å². The molecule has 5 nitrogen and oxygen atoms in total. The molecule has 2 aromatic carbocycles. The van der Waals surface area contributed by atoms with E-state index in [1.54, 1.807) is 0 Å². The predicted molar refractivity (Wildman–Crippen MR) is 105 cm³/mol. The second kappa shape index (κ2) is 10.9. The van der Waals surface area contributed by atoms with Crippen LogP contribution in [0.2, 0.25) is 0 Å². The van der Waals surface area contributed by atoms with E-state index < -0.39 is 0 Å². The Morgan fingerprint density at radius 2 is 1.89 bits per heavy atom. The number of benzene rings is 2. The lowest BCUT2D eigenvalue weighted by Crippen LogP contribution is -2.24. The second-order valence-corrected chi connectivity index (χ2v) is 6.47. The third-order valence-electron chi connectivity index (χ3n) is 4.02. The van der Waals surface area contributed by atoms with Crippen molar-refractivity contribution in [3.8, 4) is 17.6 Å². The Labute approximate surface area is 160 Å². The van der Waals surface area contributed by atoms with Gasteiger partial charge < -0.3 is 14.8 Å². The van der Waals surface area contributed by atoms with Crippen molar-refractivity contribution in [1.82, 2.24) is 5.32 Å². The number of amides is 1. The van der Waals surface area contributed by atoms with Gasteiger partial charge in [0.15, 0.2) is 0 Å². The summed E-state index contributed by atoms with van der Waals surface area (Å²) < 4.78 is 11.6. The molecule has 0 atom stereocenters. The number of para-hydroxylation sites is 1. The molecule has 1 amide bonds. The molecule has 0 radical (unpaired) electrons. The number of carbonyl (C=O) groups is 1. The number of nitrogens with zero attached hydrogens (tertiary/aromatic N) is 1. The van der Waals surface area contributed by atoms with Crippen molar-refractivity contribution in [1.29, 1.82) is 5.26 Å². The minimum atomic E-state index is -0.247. The normalized spacial score (nSPS) is 10.3. The maximum atomic E-state index is 11.3. The first kappa shape index (κ1) is 20.3. The summed E-state index contributed by atoms with van der Waals surface area (Å²) in [6.07, 6.45) is 0.579. The van der Waals surface area contributed by atoms with Crippen LogP contribution in [0.5, 0.6) is 11.5 Å². The van der Waals surface area contributed by atoms with Crippen LogP contribution in [0.15, 0.2) is 48.5 Å². The SMILES string of the molecule is CC(C)c1ccccc1OCCOc1cccc(CCNC(=O)CC#N)c1. The molecule has 0 spiro atoms. The van der Waals surface area contributed by atoms with Crippen molar-refractivity contribution in [2.75, 3.05) is 19.8 Å². The van der Waals surface area contributed by atoms with E-state index in [1.165, 1.54) is 5.56 Å². The molecule has 2 aromatic rings. The first-order chi connectivity index (χ1) is 13.1. The zero-order valence-corrected chi connectivity index (χ0v) is 15.9. The lowest BCUT2D eigenvalue weighted by atomic mass is 10.0. The summed E-state index contributed by atoms with van der Waals surface area (Å²) in [6.45, 7) is 5.71. The number of nitriles is 1. The highest BCUT2D eigenvalue weighted by Crippen LogP contribution is 2.25. The van der Waals surface area contributed by atoms with Gasteiger partial charge in [0, 0.05) is 6.54 Å². The first-order valence-corrected chi connectivity index (χ1v) is 9.17. The Balaban J connectivity index is 1.77. The van der Waals surface area contributed by atoms with Crippen LogP contribution in [-0.2, 0) is 11.2 Å². The van der Waals surface area contributed by atoms with E-state index in [0.29, 0.717) is 32.1 Å². The number of rotatable bonds is 10. The van der Waals surface area contributed by atoms with Crippen LogP contribution >= 0.6 is 0 Å². The topological polar surface area (TPSA) is 71.3 Å². The van der Waals surface area contributed by atoms with Crippen molar-refractivity contribution >= 4 is 5.91 Å². The molecule has 1 N–H and O–H groups in total. The van der Waals surface area contributed by atoms with Gasteiger partial charge in [-0.1, -0.05) is 44.2 Å². The molecule has 0 aliphatic carbocycles. The molecule has 5 heteroatoms. The number of hydrogen-bond acceptors (Lipinski definition) is 4. The monoisotopic (exact) mass is 366 g/mol. The fourth-order valence-corrected chi connectivity index (χ4v) is 2.67. The van der Waals surface area contributed by atoms with E-state index >= 15 is 0 Å². The molecular weight excluding hydrogens is 340 g/mol. The number of hydrogen-bond donors (Lipinski definition) is 1. The van der Waals surface area contributed by atoms with Gasteiger partial charge in [-0.3, -0.25) is 4.79 Å². The van der Waals surface area contributed by atoms with Gasteiger partial charge in [0.05, 0.1) is 6.07 Å². The van der Waals surface area contributed by atoms with Crippen molar-refractivity contribution < 1.29 is 14.3 Å². The minimum Gasteiger partial charge on any atom is -0.490 e. The first-order valence-electron chi connectivity index (χ1n) is 9.17. The molecule has 0 saturated heterocycles. The summed E-state index contributed by atoms with van der Waals surface area (Å²) in [6, 6.07) is 17.7. The molecule has 2 rings (SSSR count). The number of nitrogens with one attached hydrogen (secondary N) is 1. The molecular formula is C22H26N2O3. The molecule has 27 heavy (non-hydrogen) atoms. The van der Waals surface area contributed by atoms with Gasteiger partial charge in [0.2, 0.25) is 5.91 Å². The van der Waals surface area contributed by atoms with Crippen molar-refractivity contribution in [2.45, 2.75) is 32.6 Å². The van der Waals surface area contributed by atoms with Crippen LogP contribution in [0.4, 0.5) is 0 Å². The Hall–Kier alpha value is -3.00. The Bertz CT molecular complexity index is 781. The molecule has 0 aliphatic rings. The predicted octanol–water partition coefficient (Wildman–Crippen LogP) is 3.84. The fourth-order valence-electron chi connectivity index (χ4n) is 2.67. The molecule has 0 heterocycles. The van der Waals surface area contributed by atoms with Gasteiger partial charge in [0.1, 0.15) is 31.1 Å². The average molecular weight is 366 g/mol. The highest BCUT2D eigenvalue weighted by molar-refractivity contribution is 5.77. The van der Waals surface area contributed by atoms with Crippen LogP contribution in [0.25, 0.3) is 0 Å². The standard InChI is InChI=1S/C22H26N2O3/c1-17(2)20-8-3-4-9-21(20)27-15-14-26-19-7-5-6-18(16-19)11-13-24-22(25)10-12-23/h3-9,16-17H,10-11,13-15H2,1-2H3,(H,24,25). The third-order valence-corrected chi connectivity index (χ3v) is 4.02. The molecule has 0 bridgehead atoms. The summed E-state index contributed by atoms with van der Waals surface area (Å²) in [5.41, 5.74) is 2.26. The zero-order chi connectivity index (χ0) is 19.5. The van der Waals surface area contributed by atoms with E-state index in [4.69, 9.17) is 14.7 Å². The molecule has 0 aliphatic heterocycles. The van der Waals surface area contributed by atoms with Gasteiger partial charge in [-0.2, -0.15) is 5.26 Å². The number of carbonyl (C=O) groups excluding carboxylic acids is 1. The van der Waals surface area contributed by atoms with Gasteiger partial charge in [0.25, 0.3) is 0 Å². The fraction of sp³-hybridized carbons (Fsp3) is 0.364. The highest BCUT2D eigenvalue weighted by Gasteiger charge is 2.06. The maximum absolute atomic E-state index is 11.3. The lowest BCUT2D eigenvalue weighted by Gasteiger charge is -2.14. The van der Waals surface area contributed by atoms with Gasteiger partial charge in [-0.15, -0.1) is 0 Å². The molecule has 0 unspecified atom stereocenters. The van der Waals surface area contributed by atoms with Crippen LogP contribution in [-0.4, -0.2) is 25.7 Å². The third kappa shape index (κ3) is 7.02.